The van der Waals surface area contributed by atoms with E-state index >= 15 is 0 Å². The largest absolute Gasteiger partial charge is 0.444 e. The van der Waals surface area contributed by atoms with Crippen LogP contribution in [-0.2, 0) is 20.7 Å². The second kappa shape index (κ2) is 12.3. The van der Waals surface area contributed by atoms with E-state index < -0.39 is 29.3 Å². The Bertz CT molecular complexity index is 1070. The van der Waals surface area contributed by atoms with E-state index in [-0.39, 0.29) is 24.3 Å². The van der Waals surface area contributed by atoms with Crippen molar-refractivity contribution in [2.75, 3.05) is 0 Å². The lowest BCUT2D eigenvalue weighted by molar-refractivity contribution is -0.148. The van der Waals surface area contributed by atoms with E-state index in [1.807, 2.05) is 96.1 Å². The highest BCUT2D eigenvalue weighted by Crippen LogP contribution is 2.31. The molecule has 0 saturated carbocycles. The van der Waals surface area contributed by atoms with Gasteiger partial charge in [-0.2, -0.15) is 0 Å². The number of carbonyl (C=O) groups excluding carboxylic acids is 3. The molecule has 0 fully saturated rings. The molecule has 0 aliphatic carbocycles. The summed E-state index contributed by atoms with van der Waals surface area (Å²) in [6, 6.07) is 15.1. The number of rotatable bonds is 8. The molecular formula is C30H43N3O4. The molecule has 0 aromatic heterocycles. The van der Waals surface area contributed by atoms with Gasteiger partial charge in [-0.1, -0.05) is 60.2 Å². The summed E-state index contributed by atoms with van der Waals surface area (Å²) in [7, 11) is 0. The molecule has 0 heterocycles. The molecule has 202 valence electrons. The highest BCUT2D eigenvalue weighted by molar-refractivity contribution is 5.93. The summed E-state index contributed by atoms with van der Waals surface area (Å²) in [5.74, 6) is -0.646. The maximum atomic E-state index is 14.4. The highest BCUT2D eigenvalue weighted by atomic mass is 16.6. The summed E-state index contributed by atoms with van der Waals surface area (Å²) in [4.78, 5) is 42.4. The molecule has 7 nitrogen and oxygen atoms in total. The first-order valence-electron chi connectivity index (χ1n) is 12.8. The lowest BCUT2D eigenvalue weighted by Gasteiger charge is -2.43. The second-order valence-corrected chi connectivity index (χ2v) is 11.7. The molecule has 2 N–H and O–H groups in total. The number of carbonyl (C=O) groups is 3. The monoisotopic (exact) mass is 509 g/mol. The molecule has 2 aromatic rings. The molecule has 0 saturated heterocycles. The molecule has 0 radical (unpaired) electrons. The molecular weight excluding hydrogens is 466 g/mol. The van der Waals surface area contributed by atoms with E-state index in [1.54, 1.807) is 25.7 Å². The van der Waals surface area contributed by atoms with Crippen molar-refractivity contribution in [3.05, 3.63) is 71.3 Å². The van der Waals surface area contributed by atoms with Gasteiger partial charge in [0.1, 0.15) is 17.7 Å². The van der Waals surface area contributed by atoms with Gasteiger partial charge in [-0.25, -0.2) is 4.79 Å². The Kier molecular flexibility index (Phi) is 9.90. The number of amides is 3. The quantitative estimate of drug-likeness (QED) is 0.504. The number of benzene rings is 2. The van der Waals surface area contributed by atoms with Crippen LogP contribution in [0.1, 0.15) is 78.1 Å². The number of hydrogen-bond acceptors (Lipinski definition) is 4. The topological polar surface area (TPSA) is 87.7 Å². The number of aryl methyl sites for hydroxylation is 1. The number of nitrogens with one attached hydrogen (secondary N) is 2. The molecule has 7 heteroatoms. The van der Waals surface area contributed by atoms with Crippen LogP contribution in [0.4, 0.5) is 4.79 Å². The third-order valence-electron chi connectivity index (χ3n) is 5.53. The SMILES string of the molecule is Cc1cccc(C(C(=O)NC(C)C)N(C(=O)C(Cc2ccccc2)NC(=O)OC(C)(C)C)C(C)(C)C)c1. The van der Waals surface area contributed by atoms with Crippen LogP contribution >= 0.6 is 0 Å². The van der Waals surface area contributed by atoms with Crippen LogP contribution in [0, 0.1) is 6.92 Å². The number of ether oxygens (including phenoxy) is 1. The number of hydrogen-bond donors (Lipinski definition) is 2. The summed E-state index contributed by atoms with van der Waals surface area (Å²) >= 11 is 0. The summed E-state index contributed by atoms with van der Waals surface area (Å²) in [6.07, 6.45) is -0.438. The van der Waals surface area contributed by atoms with E-state index in [1.165, 1.54) is 0 Å². The fourth-order valence-electron chi connectivity index (χ4n) is 4.13. The van der Waals surface area contributed by atoms with Crippen molar-refractivity contribution in [1.29, 1.82) is 0 Å². The van der Waals surface area contributed by atoms with Gasteiger partial charge in [-0.15, -0.1) is 0 Å². The fourth-order valence-corrected chi connectivity index (χ4v) is 4.13. The third kappa shape index (κ3) is 9.23. The first-order valence-corrected chi connectivity index (χ1v) is 12.8. The van der Waals surface area contributed by atoms with Crippen LogP contribution in [0.15, 0.2) is 54.6 Å². The molecule has 3 amide bonds. The van der Waals surface area contributed by atoms with Crippen molar-refractivity contribution < 1.29 is 19.1 Å². The van der Waals surface area contributed by atoms with Gasteiger partial charge in [0.05, 0.1) is 0 Å². The van der Waals surface area contributed by atoms with E-state index in [4.69, 9.17) is 4.74 Å². The second-order valence-electron chi connectivity index (χ2n) is 11.7. The van der Waals surface area contributed by atoms with Crippen molar-refractivity contribution >= 4 is 17.9 Å². The first-order chi connectivity index (χ1) is 17.1. The van der Waals surface area contributed by atoms with E-state index in [0.717, 1.165) is 11.1 Å². The fraction of sp³-hybridized carbons (Fsp3) is 0.500. The van der Waals surface area contributed by atoms with Crippen LogP contribution in [0.5, 0.6) is 0 Å². The van der Waals surface area contributed by atoms with Crippen molar-refractivity contribution in [3.8, 4) is 0 Å². The maximum Gasteiger partial charge on any atom is 0.408 e. The highest BCUT2D eigenvalue weighted by Gasteiger charge is 2.42. The van der Waals surface area contributed by atoms with Crippen molar-refractivity contribution in [2.45, 2.75) is 98.0 Å². The number of alkyl carbamates (subject to hydrolysis) is 1. The van der Waals surface area contributed by atoms with Gasteiger partial charge in [0.2, 0.25) is 11.8 Å². The third-order valence-corrected chi connectivity index (χ3v) is 5.53. The average molecular weight is 510 g/mol. The van der Waals surface area contributed by atoms with Crippen molar-refractivity contribution in [3.63, 3.8) is 0 Å². The van der Waals surface area contributed by atoms with Crippen LogP contribution in [-0.4, -0.2) is 46.0 Å². The molecule has 0 bridgehead atoms. The Hall–Kier alpha value is -3.35. The zero-order valence-electron chi connectivity index (χ0n) is 23.7. The van der Waals surface area contributed by atoms with Gasteiger partial charge < -0.3 is 20.3 Å². The lowest BCUT2D eigenvalue weighted by atomic mass is 9.93. The zero-order valence-corrected chi connectivity index (χ0v) is 23.7. The normalized spacial score (nSPS) is 13.5. The van der Waals surface area contributed by atoms with Crippen LogP contribution in [0.3, 0.4) is 0 Å². The van der Waals surface area contributed by atoms with E-state index in [0.29, 0.717) is 5.56 Å². The van der Waals surface area contributed by atoms with Gasteiger partial charge in [-0.05, 0) is 73.4 Å². The van der Waals surface area contributed by atoms with Gasteiger partial charge in [0.15, 0.2) is 0 Å². The van der Waals surface area contributed by atoms with Crippen LogP contribution in [0.25, 0.3) is 0 Å². The molecule has 37 heavy (non-hydrogen) atoms. The first kappa shape index (κ1) is 29.9. The predicted molar refractivity (Wildman–Crippen MR) is 147 cm³/mol. The summed E-state index contributed by atoms with van der Waals surface area (Å²) in [5, 5.41) is 5.77. The maximum absolute atomic E-state index is 14.4. The Balaban J connectivity index is 2.60. The molecule has 2 unspecified atom stereocenters. The molecule has 0 spiro atoms. The molecule has 2 aromatic carbocycles. The summed E-state index contributed by atoms with van der Waals surface area (Å²) in [6.45, 7) is 16.7. The summed E-state index contributed by atoms with van der Waals surface area (Å²) in [5.41, 5.74) is 1.09. The Morgan fingerprint density at radius 3 is 2.03 bits per heavy atom. The Morgan fingerprint density at radius 1 is 0.892 bits per heavy atom. The molecule has 0 aliphatic rings. The molecule has 0 aliphatic heterocycles. The van der Waals surface area contributed by atoms with Crippen molar-refractivity contribution in [2.24, 2.45) is 0 Å². The van der Waals surface area contributed by atoms with Crippen molar-refractivity contribution in [1.82, 2.24) is 15.5 Å². The van der Waals surface area contributed by atoms with Gasteiger partial charge in [0, 0.05) is 18.0 Å². The lowest BCUT2D eigenvalue weighted by Crippen LogP contribution is -2.59. The minimum absolute atomic E-state index is 0.114. The summed E-state index contributed by atoms with van der Waals surface area (Å²) < 4.78 is 5.48. The van der Waals surface area contributed by atoms with Crippen LogP contribution in [0.2, 0.25) is 0 Å². The van der Waals surface area contributed by atoms with Gasteiger partial charge >= 0.3 is 6.09 Å². The van der Waals surface area contributed by atoms with Crippen LogP contribution < -0.4 is 10.6 Å². The smallest absolute Gasteiger partial charge is 0.408 e. The van der Waals surface area contributed by atoms with E-state index in [2.05, 4.69) is 10.6 Å². The Labute approximate surface area is 222 Å². The standard InChI is InChI=1S/C30H43N3O4/c1-20(2)31-26(34)25(23-17-13-14-21(3)18-23)33(29(4,5)6)27(35)24(19-22-15-11-10-12-16-22)32-28(36)37-30(7,8)9/h10-18,20,24-25H,19H2,1-9H3,(H,31,34)(H,32,36). The minimum atomic E-state index is -0.948. The predicted octanol–water partition coefficient (Wildman–Crippen LogP) is 5.32. The number of nitrogens with zero attached hydrogens (tertiary/aromatic N) is 1. The van der Waals surface area contributed by atoms with E-state index in [9.17, 15) is 14.4 Å². The Morgan fingerprint density at radius 2 is 1.51 bits per heavy atom. The molecule has 2 rings (SSSR count). The minimum Gasteiger partial charge on any atom is -0.444 e. The molecule has 2 atom stereocenters. The zero-order chi connectivity index (χ0) is 28.0. The average Bonchev–Trinajstić information content (AvgIpc) is 2.74. The van der Waals surface area contributed by atoms with Gasteiger partial charge in [0.25, 0.3) is 0 Å². The van der Waals surface area contributed by atoms with Gasteiger partial charge in [-0.3, -0.25) is 9.59 Å².